The van der Waals surface area contributed by atoms with Crippen LogP contribution in [0.15, 0.2) is 35.2 Å². The third-order valence-corrected chi connectivity index (χ3v) is 2.11. The van der Waals surface area contributed by atoms with Gasteiger partial charge in [-0.15, -0.1) is 13.2 Å². The highest BCUT2D eigenvalue weighted by Gasteiger charge is 2.31. The van der Waals surface area contributed by atoms with Crippen molar-refractivity contribution < 1.29 is 22.4 Å². The van der Waals surface area contributed by atoms with Crippen LogP contribution >= 0.6 is 0 Å². The van der Waals surface area contributed by atoms with Crippen molar-refractivity contribution in [3.05, 3.63) is 42.0 Å². The van der Waals surface area contributed by atoms with Gasteiger partial charge in [0.2, 0.25) is 6.39 Å². The maximum Gasteiger partial charge on any atom is 0.573 e. The molecule has 0 spiro atoms. The fourth-order valence-electron chi connectivity index (χ4n) is 1.37. The molecule has 1 heterocycles. The lowest BCUT2D eigenvalue weighted by molar-refractivity contribution is -0.274. The van der Waals surface area contributed by atoms with E-state index >= 15 is 0 Å². The summed E-state index contributed by atoms with van der Waals surface area (Å²) in [5.74, 6) is -0.168. The molecular weight excluding hydrogens is 251 g/mol. The second-order valence-corrected chi connectivity index (χ2v) is 3.39. The molecule has 8 heteroatoms. The number of nitrogens with two attached hydrogens (primary N) is 1. The van der Waals surface area contributed by atoms with E-state index < -0.39 is 12.4 Å². The van der Waals surface area contributed by atoms with E-state index in [1.807, 2.05) is 0 Å². The van der Waals surface area contributed by atoms with Gasteiger partial charge in [0.1, 0.15) is 5.75 Å². The van der Waals surface area contributed by atoms with Crippen molar-refractivity contribution in [1.82, 2.24) is 10.1 Å². The fraction of sp³-hybridized carbons (Fsp3) is 0.200. The van der Waals surface area contributed by atoms with E-state index in [4.69, 9.17) is 5.73 Å². The van der Waals surface area contributed by atoms with Gasteiger partial charge >= 0.3 is 6.36 Å². The van der Waals surface area contributed by atoms with E-state index in [0.29, 0.717) is 5.56 Å². The standard InChI is InChI=1S/C10H8F3N3O2/c11-10(12,13)18-7-3-1-2-6(4-7)8(14)9-15-5-17-16-9/h1-5,8H,14H2. The Bertz CT molecular complexity index is 513. The lowest BCUT2D eigenvalue weighted by atomic mass is 10.1. The summed E-state index contributed by atoms with van der Waals surface area (Å²) >= 11 is 0. The van der Waals surface area contributed by atoms with Gasteiger partial charge < -0.3 is 15.0 Å². The minimum atomic E-state index is -4.74. The average Bonchev–Trinajstić information content (AvgIpc) is 2.79. The number of nitrogens with zero attached hydrogens (tertiary/aromatic N) is 2. The van der Waals surface area contributed by atoms with E-state index in [2.05, 4.69) is 19.4 Å². The van der Waals surface area contributed by atoms with E-state index in [0.717, 1.165) is 6.39 Å². The van der Waals surface area contributed by atoms with Crippen molar-refractivity contribution >= 4 is 0 Å². The second kappa shape index (κ2) is 4.65. The van der Waals surface area contributed by atoms with Gasteiger partial charge in [-0.25, -0.2) is 0 Å². The summed E-state index contributed by atoms with van der Waals surface area (Å²) in [5.41, 5.74) is 6.16. The zero-order chi connectivity index (χ0) is 13.2. The molecule has 0 radical (unpaired) electrons. The molecule has 0 bridgehead atoms. The molecule has 96 valence electrons. The quantitative estimate of drug-likeness (QED) is 0.912. The molecule has 2 N–H and O–H groups in total. The van der Waals surface area contributed by atoms with Crippen molar-refractivity contribution in [2.45, 2.75) is 12.4 Å². The first kappa shape index (κ1) is 12.4. The molecule has 1 atom stereocenters. The third kappa shape index (κ3) is 2.98. The van der Waals surface area contributed by atoms with Crippen LogP contribution in [-0.4, -0.2) is 16.5 Å². The molecule has 2 rings (SSSR count). The predicted molar refractivity (Wildman–Crippen MR) is 53.5 cm³/mol. The smallest absolute Gasteiger partial charge is 0.406 e. The minimum absolute atomic E-state index is 0.180. The summed E-state index contributed by atoms with van der Waals surface area (Å²) in [4.78, 5) is 3.73. The molecule has 18 heavy (non-hydrogen) atoms. The number of hydrogen-bond donors (Lipinski definition) is 1. The number of alkyl halides is 3. The summed E-state index contributed by atoms with van der Waals surface area (Å²) in [6.45, 7) is 0. The van der Waals surface area contributed by atoms with Crippen molar-refractivity contribution in [2.24, 2.45) is 5.73 Å². The van der Waals surface area contributed by atoms with Gasteiger partial charge in [0.05, 0.1) is 6.04 Å². The Morgan fingerprint density at radius 2 is 2.11 bits per heavy atom. The van der Waals surface area contributed by atoms with E-state index in [-0.39, 0.29) is 11.6 Å². The number of hydrogen-bond acceptors (Lipinski definition) is 5. The lowest BCUT2D eigenvalue weighted by Gasteiger charge is -2.12. The van der Waals surface area contributed by atoms with Gasteiger partial charge in [0.15, 0.2) is 5.82 Å². The highest BCUT2D eigenvalue weighted by atomic mass is 19.4. The minimum Gasteiger partial charge on any atom is -0.406 e. The molecule has 0 amide bonds. The van der Waals surface area contributed by atoms with Crippen LogP contribution in [0.3, 0.4) is 0 Å². The molecule has 0 saturated heterocycles. The van der Waals surface area contributed by atoms with E-state index in [1.54, 1.807) is 6.07 Å². The predicted octanol–water partition coefficient (Wildman–Crippen LogP) is 2.02. The first-order valence-corrected chi connectivity index (χ1v) is 4.83. The normalized spacial score (nSPS) is 13.3. The molecular formula is C10H8F3N3O2. The Kier molecular flexibility index (Phi) is 3.19. The summed E-state index contributed by atoms with van der Waals surface area (Å²) in [6.07, 6.45) is -3.65. The van der Waals surface area contributed by atoms with Crippen LogP contribution in [0.2, 0.25) is 0 Å². The average molecular weight is 259 g/mol. The zero-order valence-corrected chi connectivity index (χ0v) is 8.89. The topological polar surface area (TPSA) is 74.2 Å². The van der Waals surface area contributed by atoms with Crippen LogP contribution in [-0.2, 0) is 0 Å². The van der Waals surface area contributed by atoms with Gasteiger partial charge in [0.25, 0.3) is 0 Å². The molecule has 1 aromatic heterocycles. The second-order valence-electron chi connectivity index (χ2n) is 3.39. The van der Waals surface area contributed by atoms with Gasteiger partial charge in [0, 0.05) is 0 Å². The van der Waals surface area contributed by atoms with Crippen LogP contribution in [0.25, 0.3) is 0 Å². The Morgan fingerprint density at radius 3 is 2.72 bits per heavy atom. The highest BCUT2D eigenvalue weighted by Crippen LogP contribution is 2.26. The van der Waals surface area contributed by atoms with E-state index in [9.17, 15) is 13.2 Å². The van der Waals surface area contributed by atoms with Crippen LogP contribution in [0.4, 0.5) is 13.2 Å². The maximum atomic E-state index is 12.1. The number of ether oxygens (including phenoxy) is 1. The summed E-state index contributed by atoms with van der Waals surface area (Å²) in [5, 5.41) is 3.52. The van der Waals surface area contributed by atoms with Gasteiger partial charge in [-0.3, -0.25) is 0 Å². The van der Waals surface area contributed by atoms with Crippen molar-refractivity contribution in [3.63, 3.8) is 0 Å². The van der Waals surface area contributed by atoms with E-state index in [1.165, 1.54) is 18.2 Å². The fourth-order valence-corrected chi connectivity index (χ4v) is 1.37. The Hall–Kier alpha value is -2.09. The van der Waals surface area contributed by atoms with Gasteiger partial charge in [-0.1, -0.05) is 17.3 Å². The zero-order valence-electron chi connectivity index (χ0n) is 8.89. The molecule has 0 aliphatic rings. The van der Waals surface area contributed by atoms with Gasteiger partial charge in [-0.2, -0.15) is 4.98 Å². The Balaban J connectivity index is 2.22. The van der Waals surface area contributed by atoms with Crippen LogP contribution < -0.4 is 10.5 Å². The van der Waals surface area contributed by atoms with Crippen molar-refractivity contribution in [3.8, 4) is 5.75 Å². The molecule has 0 fully saturated rings. The maximum absolute atomic E-state index is 12.1. The number of rotatable bonds is 3. The number of halogens is 3. The van der Waals surface area contributed by atoms with Crippen LogP contribution in [0.1, 0.15) is 17.4 Å². The first-order chi connectivity index (χ1) is 8.46. The summed E-state index contributed by atoms with van der Waals surface area (Å²) in [6, 6.07) is 4.52. The Morgan fingerprint density at radius 1 is 1.33 bits per heavy atom. The molecule has 1 aromatic carbocycles. The van der Waals surface area contributed by atoms with Crippen molar-refractivity contribution in [2.75, 3.05) is 0 Å². The lowest BCUT2D eigenvalue weighted by Crippen LogP contribution is -2.18. The molecule has 0 aliphatic carbocycles. The number of benzene rings is 1. The molecule has 1 unspecified atom stereocenters. The van der Waals surface area contributed by atoms with Crippen molar-refractivity contribution in [1.29, 1.82) is 0 Å². The SMILES string of the molecule is NC(c1cccc(OC(F)(F)F)c1)c1ncon1. The third-order valence-electron chi connectivity index (χ3n) is 2.11. The highest BCUT2D eigenvalue weighted by molar-refractivity contribution is 5.32. The summed E-state index contributed by atoms with van der Waals surface area (Å²) in [7, 11) is 0. The van der Waals surface area contributed by atoms with Crippen LogP contribution in [0, 0.1) is 0 Å². The first-order valence-electron chi connectivity index (χ1n) is 4.83. The summed E-state index contributed by atoms with van der Waals surface area (Å²) < 4.78 is 44.5. The molecule has 5 nitrogen and oxygen atoms in total. The molecule has 2 aromatic rings. The van der Waals surface area contributed by atoms with Crippen LogP contribution in [0.5, 0.6) is 5.75 Å². The molecule has 0 saturated carbocycles. The largest absolute Gasteiger partial charge is 0.573 e. The molecule has 0 aliphatic heterocycles. The van der Waals surface area contributed by atoms with Gasteiger partial charge in [-0.05, 0) is 17.7 Å². The number of aromatic nitrogens is 2. The monoisotopic (exact) mass is 259 g/mol. The Labute approximate surface area is 99.4 Å².